The Kier molecular flexibility index (Phi) is 8.42. The van der Waals surface area contributed by atoms with Crippen LogP contribution in [-0.4, -0.2) is 70.5 Å². The molecular weight excluding hydrogens is 414 g/mol. The van der Waals surface area contributed by atoms with E-state index in [1.165, 1.54) is 28.8 Å². The smallest absolute Gasteiger partial charge is 0.325 e. The van der Waals surface area contributed by atoms with Crippen molar-refractivity contribution in [2.24, 2.45) is 5.73 Å². The number of likely N-dealkylation sites (N-methyl/N-ethyl adjacent to an activating group) is 1. The molecule has 12 heteroatoms. The summed E-state index contributed by atoms with van der Waals surface area (Å²) in [6.07, 6.45) is 0. The molecule has 1 unspecified atom stereocenters. The van der Waals surface area contributed by atoms with Crippen molar-refractivity contribution < 1.29 is 24.0 Å². The Bertz CT molecular complexity index is 807. The minimum Gasteiger partial charge on any atom is -0.465 e. The molecule has 1 aliphatic heterocycles. The fourth-order valence-electron chi connectivity index (χ4n) is 2.92. The first-order chi connectivity index (χ1) is 14.3. The van der Waals surface area contributed by atoms with Gasteiger partial charge >= 0.3 is 5.97 Å². The summed E-state index contributed by atoms with van der Waals surface area (Å²) in [7, 11) is 0. The first kappa shape index (κ1) is 23.4. The van der Waals surface area contributed by atoms with Crippen molar-refractivity contribution in [2.75, 3.05) is 31.6 Å². The Morgan fingerprint density at radius 3 is 2.77 bits per heavy atom. The molecule has 30 heavy (non-hydrogen) atoms. The second kappa shape index (κ2) is 10.8. The fourth-order valence-corrected chi connectivity index (χ4v) is 4.38. The number of carbonyl (C=O) groups is 3. The van der Waals surface area contributed by atoms with Crippen LogP contribution >= 0.6 is 11.8 Å². The Morgan fingerprint density at radius 1 is 1.40 bits per heavy atom. The number of carbonyl (C=O) groups excluding carboxylic acids is 3. The molecule has 1 saturated heterocycles. The standard InChI is InChI=1S/C18H25N5O6S/c1-3-22-17(26)13(9-20-11-6-5-7-12(8-11)23(27)28)30-18(22)15(19)16(25)21-10-14(24)29-4-2/h5-8,13,15,18,20H,3-4,9-10,19H2,1-2H3,(H,21,25)/t13-,15-,18?/m1/s1. The molecule has 164 valence electrons. The highest BCUT2D eigenvalue weighted by atomic mass is 32.2. The molecule has 0 saturated carbocycles. The van der Waals surface area contributed by atoms with Crippen molar-refractivity contribution in [2.45, 2.75) is 30.5 Å². The third kappa shape index (κ3) is 5.83. The lowest BCUT2D eigenvalue weighted by atomic mass is 10.2. The Morgan fingerprint density at radius 2 is 2.13 bits per heavy atom. The lowest BCUT2D eigenvalue weighted by molar-refractivity contribution is -0.384. The maximum Gasteiger partial charge on any atom is 0.325 e. The van der Waals surface area contributed by atoms with Gasteiger partial charge < -0.3 is 26.0 Å². The van der Waals surface area contributed by atoms with E-state index in [0.717, 1.165) is 0 Å². The number of nitro groups is 1. The van der Waals surface area contributed by atoms with Gasteiger partial charge in [-0.05, 0) is 19.9 Å². The zero-order valence-electron chi connectivity index (χ0n) is 16.7. The number of non-ortho nitro benzene ring substituents is 1. The summed E-state index contributed by atoms with van der Waals surface area (Å²) in [4.78, 5) is 48.4. The molecule has 1 heterocycles. The SMILES string of the molecule is CCOC(=O)CNC(=O)[C@@H](N)C1S[C@H](CNc2cccc([N+](=O)[O-])c2)C(=O)N1CC. The molecule has 0 aromatic heterocycles. The van der Waals surface area contributed by atoms with Crippen molar-refractivity contribution in [1.82, 2.24) is 10.2 Å². The fraction of sp³-hybridized carbons (Fsp3) is 0.500. The summed E-state index contributed by atoms with van der Waals surface area (Å²) < 4.78 is 4.76. The first-order valence-corrected chi connectivity index (χ1v) is 10.4. The monoisotopic (exact) mass is 439 g/mol. The number of nitrogens with zero attached hydrogens (tertiary/aromatic N) is 2. The van der Waals surface area contributed by atoms with Crippen LogP contribution in [0.4, 0.5) is 11.4 Å². The molecule has 2 rings (SSSR count). The van der Waals surface area contributed by atoms with Crippen LogP contribution in [0.25, 0.3) is 0 Å². The quantitative estimate of drug-likeness (QED) is 0.265. The van der Waals surface area contributed by atoms with E-state index >= 15 is 0 Å². The number of ether oxygens (including phenoxy) is 1. The van der Waals surface area contributed by atoms with Gasteiger partial charge in [0.2, 0.25) is 11.8 Å². The predicted molar refractivity (Wildman–Crippen MR) is 112 cm³/mol. The van der Waals surface area contributed by atoms with E-state index in [0.29, 0.717) is 12.2 Å². The number of rotatable bonds is 10. The van der Waals surface area contributed by atoms with Crippen LogP contribution in [0.2, 0.25) is 0 Å². The molecule has 3 atom stereocenters. The lowest BCUT2D eigenvalue weighted by Gasteiger charge is -2.26. The van der Waals surface area contributed by atoms with Crippen molar-refractivity contribution >= 4 is 40.9 Å². The van der Waals surface area contributed by atoms with Crippen molar-refractivity contribution in [1.29, 1.82) is 0 Å². The van der Waals surface area contributed by atoms with Crippen molar-refractivity contribution in [3.8, 4) is 0 Å². The first-order valence-electron chi connectivity index (χ1n) is 9.41. The van der Waals surface area contributed by atoms with E-state index in [4.69, 9.17) is 10.5 Å². The molecular formula is C18H25N5O6S. The van der Waals surface area contributed by atoms with Crippen LogP contribution in [0.5, 0.6) is 0 Å². The number of benzene rings is 1. The number of anilines is 1. The molecule has 0 spiro atoms. The van der Waals surface area contributed by atoms with Crippen LogP contribution in [0.1, 0.15) is 13.8 Å². The second-order valence-corrected chi connectivity index (χ2v) is 7.70. The van der Waals surface area contributed by atoms with Gasteiger partial charge in [0.1, 0.15) is 23.2 Å². The highest BCUT2D eigenvalue weighted by Crippen LogP contribution is 2.33. The van der Waals surface area contributed by atoms with Crippen LogP contribution in [0.3, 0.4) is 0 Å². The maximum atomic E-state index is 12.7. The zero-order valence-corrected chi connectivity index (χ0v) is 17.5. The summed E-state index contributed by atoms with van der Waals surface area (Å²) in [6, 6.07) is 4.95. The number of nitrogens with two attached hydrogens (primary N) is 1. The Labute approximate surface area is 177 Å². The highest BCUT2D eigenvalue weighted by Gasteiger charge is 2.44. The van der Waals surface area contributed by atoms with Gasteiger partial charge in [0.05, 0.1) is 11.5 Å². The molecule has 1 fully saturated rings. The molecule has 2 amide bonds. The van der Waals surface area contributed by atoms with Crippen LogP contribution in [-0.2, 0) is 19.1 Å². The Hall–Kier alpha value is -2.86. The number of thioether (sulfide) groups is 1. The lowest BCUT2D eigenvalue weighted by Crippen LogP contribution is -2.53. The molecule has 0 bridgehead atoms. The van der Waals surface area contributed by atoms with E-state index < -0.39 is 33.5 Å². The molecule has 1 aliphatic rings. The van der Waals surface area contributed by atoms with Crippen LogP contribution in [0, 0.1) is 10.1 Å². The number of nitro benzene ring substituents is 1. The van der Waals surface area contributed by atoms with Gasteiger partial charge in [-0.25, -0.2) is 0 Å². The van der Waals surface area contributed by atoms with Gasteiger partial charge in [-0.3, -0.25) is 24.5 Å². The van der Waals surface area contributed by atoms with Gasteiger partial charge in [0, 0.05) is 30.9 Å². The number of amides is 2. The average molecular weight is 439 g/mol. The molecule has 1 aromatic rings. The summed E-state index contributed by atoms with van der Waals surface area (Å²) >= 11 is 1.24. The maximum absolute atomic E-state index is 12.7. The third-order valence-corrected chi connectivity index (χ3v) is 5.90. The topological polar surface area (TPSA) is 157 Å². The van der Waals surface area contributed by atoms with Crippen molar-refractivity contribution in [3.05, 3.63) is 34.4 Å². The van der Waals surface area contributed by atoms with Gasteiger partial charge in [-0.2, -0.15) is 0 Å². The number of hydrogen-bond donors (Lipinski definition) is 3. The summed E-state index contributed by atoms with van der Waals surface area (Å²) in [5, 5.41) is 15.2. The van der Waals surface area contributed by atoms with Crippen molar-refractivity contribution in [3.63, 3.8) is 0 Å². The average Bonchev–Trinajstić information content (AvgIpc) is 3.05. The summed E-state index contributed by atoms with van der Waals surface area (Å²) in [5.74, 6) is -1.31. The summed E-state index contributed by atoms with van der Waals surface area (Å²) in [5.41, 5.74) is 6.52. The minimum absolute atomic E-state index is 0.0567. The van der Waals surface area contributed by atoms with E-state index in [-0.39, 0.29) is 31.3 Å². The second-order valence-electron chi connectivity index (χ2n) is 6.38. The van der Waals surface area contributed by atoms with E-state index in [9.17, 15) is 24.5 Å². The molecule has 0 aliphatic carbocycles. The zero-order chi connectivity index (χ0) is 22.3. The third-order valence-electron chi connectivity index (χ3n) is 4.38. The van der Waals surface area contributed by atoms with Crippen LogP contribution in [0.15, 0.2) is 24.3 Å². The van der Waals surface area contributed by atoms with Gasteiger partial charge in [0.15, 0.2) is 0 Å². The Balaban J connectivity index is 1.98. The predicted octanol–water partition coefficient (Wildman–Crippen LogP) is 0.303. The highest BCUT2D eigenvalue weighted by molar-refractivity contribution is 8.01. The number of nitrogens with one attached hydrogen (secondary N) is 2. The molecule has 0 radical (unpaired) electrons. The largest absolute Gasteiger partial charge is 0.465 e. The van der Waals surface area contributed by atoms with Gasteiger partial charge in [-0.1, -0.05) is 6.07 Å². The normalized spacial score (nSPS) is 19.3. The number of esters is 1. The molecule has 1 aromatic carbocycles. The van der Waals surface area contributed by atoms with E-state index in [2.05, 4.69) is 10.6 Å². The van der Waals surface area contributed by atoms with E-state index in [1.807, 2.05) is 0 Å². The number of hydrogen-bond acceptors (Lipinski definition) is 9. The van der Waals surface area contributed by atoms with Crippen LogP contribution < -0.4 is 16.4 Å². The molecule has 11 nitrogen and oxygen atoms in total. The van der Waals surface area contributed by atoms with E-state index in [1.54, 1.807) is 26.0 Å². The van der Waals surface area contributed by atoms with Gasteiger partial charge in [-0.15, -0.1) is 11.8 Å². The molecule has 4 N–H and O–H groups in total. The minimum atomic E-state index is -1.03. The summed E-state index contributed by atoms with van der Waals surface area (Å²) in [6.45, 7) is 3.93. The van der Waals surface area contributed by atoms with Gasteiger partial charge in [0.25, 0.3) is 5.69 Å².